The molecule has 0 spiro atoms. The largest absolute Gasteiger partial charge is 0.464 e. The Morgan fingerprint density at radius 2 is 2.11 bits per heavy atom. The summed E-state index contributed by atoms with van der Waals surface area (Å²) in [6.45, 7) is 2.30. The highest BCUT2D eigenvalue weighted by Crippen LogP contribution is 2.21. The quantitative estimate of drug-likeness (QED) is 0.883. The fourth-order valence-electron chi connectivity index (χ4n) is 1.79. The van der Waals surface area contributed by atoms with Gasteiger partial charge in [0.05, 0.1) is 12.1 Å². The first-order chi connectivity index (χ1) is 8.97. The lowest BCUT2D eigenvalue weighted by Crippen LogP contribution is -2.26. The van der Waals surface area contributed by atoms with Gasteiger partial charge in [0.15, 0.2) is 0 Å². The minimum absolute atomic E-state index is 0.103. The van der Waals surface area contributed by atoms with Crippen LogP contribution < -0.4 is 5.73 Å². The number of carbonyl (C=O) groups excluding carboxylic acids is 1. The molecule has 2 N–H and O–H groups in total. The lowest BCUT2D eigenvalue weighted by Gasteiger charge is -2.17. The number of furan rings is 1. The van der Waals surface area contributed by atoms with E-state index in [2.05, 4.69) is 15.9 Å². The average molecular weight is 323 g/mol. The maximum atomic E-state index is 12.3. The van der Waals surface area contributed by atoms with Crippen molar-refractivity contribution in [2.75, 3.05) is 12.8 Å². The van der Waals surface area contributed by atoms with Crippen molar-refractivity contribution in [1.82, 2.24) is 4.90 Å². The first-order valence-corrected chi connectivity index (χ1v) is 6.62. The van der Waals surface area contributed by atoms with Crippen molar-refractivity contribution in [3.8, 4) is 0 Å². The van der Waals surface area contributed by atoms with Crippen LogP contribution in [0.5, 0.6) is 0 Å². The number of nitrogen functional groups attached to an aromatic ring is 1. The van der Waals surface area contributed by atoms with E-state index in [1.165, 1.54) is 0 Å². The second-order valence-corrected chi connectivity index (χ2v) is 5.27. The van der Waals surface area contributed by atoms with Crippen molar-refractivity contribution in [2.45, 2.75) is 13.5 Å². The highest BCUT2D eigenvalue weighted by atomic mass is 79.9. The van der Waals surface area contributed by atoms with Gasteiger partial charge in [0.1, 0.15) is 11.5 Å². The zero-order valence-corrected chi connectivity index (χ0v) is 12.4. The molecule has 0 atom stereocenters. The Morgan fingerprint density at radius 3 is 2.74 bits per heavy atom. The molecule has 5 heteroatoms. The Balaban J connectivity index is 2.16. The maximum absolute atomic E-state index is 12.3. The van der Waals surface area contributed by atoms with Gasteiger partial charge in [-0.25, -0.2) is 0 Å². The average Bonchev–Trinajstić information content (AvgIpc) is 2.77. The van der Waals surface area contributed by atoms with Crippen LogP contribution in [0.25, 0.3) is 0 Å². The number of nitrogens with two attached hydrogens (primary N) is 1. The Kier molecular flexibility index (Phi) is 3.95. The summed E-state index contributed by atoms with van der Waals surface area (Å²) >= 11 is 3.36. The molecular formula is C14H15BrN2O2. The van der Waals surface area contributed by atoms with Crippen molar-refractivity contribution in [3.05, 3.63) is 51.9 Å². The molecule has 2 rings (SSSR count). The first kappa shape index (κ1) is 13.7. The van der Waals surface area contributed by atoms with Gasteiger partial charge in [0, 0.05) is 17.2 Å². The zero-order valence-electron chi connectivity index (χ0n) is 10.8. The van der Waals surface area contributed by atoms with Crippen molar-refractivity contribution >= 4 is 27.5 Å². The lowest BCUT2D eigenvalue weighted by molar-refractivity contribution is 0.0774. The summed E-state index contributed by atoms with van der Waals surface area (Å²) in [6, 6.07) is 8.93. The predicted molar refractivity (Wildman–Crippen MR) is 77.8 cm³/mol. The van der Waals surface area contributed by atoms with Gasteiger partial charge < -0.3 is 15.1 Å². The molecule has 1 aromatic heterocycles. The molecule has 1 aromatic carbocycles. The monoisotopic (exact) mass is 322 g/mol. The molecule has 0 aliphatic carbocycles. The SMILES string of the molecule is Cc1ccc(CN(C)C(=O)c2cc(N)ccc2Br)o1. The first-order valence-electron chi connectivity index (χ1n) is 5.83. The summed E-state index contributed by atoms with van der Waals surface area (Å²) in [5.74, 6) is 1.49. The molecule has 0 saturated carbocycles. The molecule has 0 aliphatic heterocycles. The molecule has 4 nitrogen and oxygen atoms in total. The van der Waals surface area contributed by atoms with Gasteiger partial charge in [-0.2, -0.15) is 0 Å². The third-order valence-corrected chi connectivity index (χ3v) is 3.45. The van der Waals surface area contributed by atoms with Gasteiger partial charge in [-0.1, -0.05) is 0 Å². The van der Waals surface area contributed by atoms with Crippen LogP contribution in [-0.2, 0) is 6.54 Å². The zero-order chi connectivity index (χ0) is 14.0. The number of halogens is 1. The Hall–Kier alpha value is -1.75. The van der Waals surface area contributed by atoms with Crippen LogP contribution in [0.1, 0.15) is 21.9 Å². The molecule has 0 fully saturated rings. The Bertz CT molecular complexity index is 607. The van der Waals surface area contributed by atoms with Crippen LogP contribution in [0.2, 0.25) is 0 Å². The van der Waals surface area contributed by atoms with Crippen molar-refractivity contribution < 1.29 is 9.21 Å². The standard InChI is InChI=1S/C14H15BrN2O2/c1-9-3-5-11(19-9)8-17(2)14(18)12-7-10(16)4-6-13(12)15/h3-7H,8,16H2,1-2H3. The molecule has 2 aromatic rings. The van der Waals surface area contributed by atoms with Gasteiger partial charge in [-0.15, -0.1) is 0 Å². The van der Waals surface area contributed by atoms with Crippen LogP contribution in [0, 0.1) is 6.92 Å². The lowest BCUT2D eigenvalue weighted by atomic mass is 10.2. The highest BCUT2D eigenvalue weighted by Gasteiger charge is 2.16. The number of aryl methyl sites for hydroxylation is 1. The minimum Gasteiger partial charge on any atom is -0.464 e. The van der Waals surface area contributed by atoms with Crippen molar-refractivity contribution in [2.24, 2.45) is 0 Å². The van der Waals surface area contributed by atoms with Gasteiger partial charge in [0.25, 0.3) is 5.91 Å². The third-order valence-electron chi connectivity index (χ3n) is 2.76. The molecule has 1 amide bonds. The van der Waals surface area contributed by atoms with E-state index in [-0.39, 0.29) is 5.91 Å². The molecule has 1 heterocycles. The number of hydrogen-bond acceptors (Lipinski definition) is 3. The number of rotatable bonds is 3. The summed E-state index contributed by atoms with van der Waals surface area (Å²) < 4.78 is 6.19. The molecule has 19 heavy (non-hydrogen) atoms. The van der Waals surface area contributed by atoms with Crippen LogP contribution in [0.4, 0.5) is 5.69 Å². The molecule has 0 aliphatic rings. The summed E-state index contributed by atoms with van der Waals surface area (Å²) in [4.78, 5) is 13.9. The Morgan fingerprint density at radius 1 is 1.37 bits per heavy atom. The normalized spacial score (nSPS) is 10.5. The van der Waals surface area contributed by atoms with E-state index in [4.69, 9.17) is 10.2 Å². The van der Waals surface area contributed by atoms with Crippen LogP contribution in [-0.4, -0.2) is 17.9 Å². The second kappa shape index (κ2) is 5.48. The van der Waals surface area contributed by atoms with E-state index in [0.717, 1.165) is 16.0 Å². The number of hydrogen-bond donors (Lipinski definition) is 1. The molecule has 0 saturated heterocycles. The number of carbonyl (C=O) groups is 1. The fraction of sp³-hybridized carbons (Fsp3) is 0.214. The molecular weight excluding hydrogens is 308 g/mol. The van der Waals surface area contributed by atoms with E-state index in [9.17, 15) is 4.79 Å². The topological polar surface area (TPSA) is 59.5 Å². The molecule has 100 valence electrons. The van der Waals surface area contributed by atoms with Crippen LogP contribution in [0.3, 0.4) is 0 Å². The van der Waals surface area contributed by atoms with E-state index >= 15 is 0 Å². The predicted octanol–water partition coefficient (Wildman–Crippen LogP) is 3.20. The van der Waals surface area contributed by atoms with E-state index in [0.29, 0.717) is 17.8 Å². The van der Waals surface area contributed by atoms with E-state index < -0.39 is 0 Å². The van der Waals surface area contributed by atoms with Crippen molar-refractivity contribution in [1.29, 1.82) is 0 Å². The number of benzene rings is 1. The van der Waals surface area contributed by atoms with E-state index in [1.807, 2.05) is 19.1 Å². The molecule has 0 bridgehead atoms. The summed E-state index contributed by atoms with van der Waals surface area (Å²) in [6.07, 6.45) is 0. The second-order valence-electron chi connectivity index (χ2n) is 4.41. The molecule has 0 unspecified atom stereocenters. The maximum Gasteiger partial charge on any atom is 0.255 e. The van der Waals surface area contributed by atoms with Crippen LogP contribution >= 0.6 is 15.9 Å². The highest BCUT2D eigenvalue weighted by molar-refractivity contribution is 9.10. The minimum atomic E-state index is -0.103. The smallest absolute Gasteiger partial charge is 0.255 e. The number of anilines is 1. The number of amides is 1. The number of nitrogens with zero attached hydrogens (tertiary/aromatic N) is 1. The van der Waals surface area contributed by atoms with Crippen LogP contribution in [0.15, 0.2) is 39.2 Å². The fourth-order valence-corrected chi connectivity index (χ4v) is 2.20. The van der Waals surface area contributed by atoms with Gasteiger partial charge in [0.2, 0.25) is 0 Å². The van der Waals surface area contributed by atoms with Gasteiger partial charge in [-0.3, -0.25) is 4.79 Å². The van der Waals surface area contributed by atoms with Crippen molar-refractivity contribution in [3.63, 3.8) is 0 Å². The summed E-state index contributed by atoms with van der Waals surface area (Å²) in [5.41, 5.74) is 6.82. The Labute approximate surface area is 120 Å². The van der Waals surface area contributed by atoms with E-state index in [1.54, 1.807) is 30.1 Å². The summed E-state index contributed by atoms with van der Waals surface area (Å²) in [7, 11) is 1.73. The summed E-state index contributed by atoms with van der Waals surface area (Å²) in [5, 5.41) is 0. The van der Waals surface area contributed by atoms with Gasteiger partial charge >= 0.3 is 0 Å². The van der Waals surface area contributed by atoms with Gasteiger partial charge in [-0.05, 0) is 53.2 Å². The third kappa shape index (κ3) is 3.17. The molecule has 0 radical (unpaired) electrons.